The number of ether oxygens (including phenoxy) is 1. The van der Waals surface area contributed by atoms with Crippen molar-refractivity contribution in [2.45, 2.75) is 37.5 Å². The molecule has 2 atom stereocenters. The molecule has 0 radical (unpaired) electrons. The van der Waals surface area contributed by atoms with Gasteiger partial charge in [-0.15, -0.1) is 0 Å². The number of rotatable bonds is 4. The number of ketones is 1. The third-order valence-corrected chi connectivity index (χ3v) is 5.38. The van der Waals surface area contributed by atoms with Crippen molar-refractivity contribution in [2.24, 2.45) is 0 Å². The van der Waals surface area contributed by atoms with Crippen molar-refractivity contribution in [1.29, 1.82) is 0 Å². The average Bonchev–Trinajstić information content (AvgIpc) is 3.32. The zero-order valence-corrected chi connectivity index (χ0v) is 14.9. The topological polar surface area (TPSA) is 104 Å². The van der Waals surface area contributed by atoms with E-state index < -0.39 is 5.72 Å². The third kappa shape index (κ3) is 3.44. The van der Waals surface area contributed by atoms with E-state index in [0.717, 1.165) is 0 Å². The zero-order chi connectivity index (χ0) is 19.4. The van der Waals surface area contributed by atoms with Gasteiger partial charge in [0.15, 0.2) is 11.5 Å². The minimum atomic E-state index is -0.601. The molecule has 0 aromatic heterocycles. The van der Waals surface area contributed by atoms with Crippen molar-refractivity contribution in [3.05, 3.63) is 35.9 Å². The summed E-state index contributed by atoms with van der Waals surface area (Å²) >= 11 is 0. The van der Waals surface area contributed by atoms with E-state index in [1.165, 1.54) is 0 Å². The van der Waals surface area contributed by atoms with Crippen LogP contribution in [0.2, 0.25) is 0 Å². The Hall–Kier alpha value is -2.74. The van der Waals surface area contributed by atoms with Crippen molar-refractivity contribution in [1.82, 2.24) is 9.80 Å². The summed E-state index contributed by atoms with van der Waals surface area (Å²) < 4.78 is 5.88. The van der Waals surface area contributed by atoms with Crippen LogP contribution in [0, 0.1) is 0 Å². The molecule has 144 valence electrons. The molecule has 4 rings (SSSR count). The number of likely N-dealkylation sites (tertiary alicyclic amines) is 1. The Morgan fingerprint density at radius 1 is 1.22 bits per heavy atom. The first-order valence-electron chi connectivity index (χ1n) is 8.93. The van der Waals surface area contributed by atoms with Gasteiger partial charge in [0.25, 0.3) is 6.47 Å². The van der Waals surface area contributed by atoms with Gasteiger partial charge in [0.1, 0.15) is 0 Å². The number of hydrogen-bond acceptors (Lipinski definition) is 5. The maximum absolute atomic E-state index is 12.6. The lowest BCUT2D eigenvalue weighted by atomic mass is 10.0. The van der Waals surface area contributed by atoms with Crippen molar-refractivity contribution < 1.29 is 29.0 Å². The zero-order valence-electron chi connectivity index (χ0n) is 14.9. The van der Waals surface area contributed by atoms with E-state index in [-0.39, 0.29) is 43.0 Å². The number of carbonyl (C=O) groups is 4. The second-order valence-corrected chi connectivity index (χ2v) is 6.69. The molecule has 3 aliphatic rings. The molecule has 8 heteroatoms. The number of benzene rings is 1. The van der Waals surface area contributed by atoms with Crippen molar-refractivity contribution in [3.8, 4) is 0 Å². The van der Waals surface area contributed by atoms with Gasteiger partial charge in [-0.1, -0.05) is 30.3 Å². The second-order valence-electron chi connectivity index (χ2n) is 6.69. The lowest BCUT2D eigenvalue weighted by Crippen LogP contribution is -2.48. The normalized spacial score (nSPS) is 25.5. The molecule has 27 heavy (non-hydrogen) atoms. The number of carboxylic acid groups (broad SMARTS) is 1. The number of nitrogens with zero attached hydrogens (tertiary/aromatic N) is 2. The fraction of sp³-hybridized carbons (Fsp3) is 0.474. The molecule has 3 aliphatic heterocycles. The van der Waals surface area contributed by atoms with E-state index in [1.54, 1.807) is 21.9 Å². The minimum Gasteiger partial charge on any atom is -0.483 e. The molecule has 1 aromatic rings. The highest BCUT2D eigenvalue weighted by molar-refractivity contribution is 5.98. The van der Waals surface area contributed by atoms with Gasteiger partial charge in [-0.2, -0.15) is 0 Å². The number of hydrogen-bond donors (Lipinski definition) is 1. The molecule has 3 fully saturated rings. The Morgan fingerprint density at radius 3 is 2.63 bits per heavy atom. The monoisotopic (exact) mass is 374 g/mol. The highest BCUT2D eigenvalue weighted by atomic mass is 16.5. The average molecular weight is 374 g/mol. The molecule has 2 amide bonds. The van der Waals surface area contributed by atoms with E-state index in [9.17, 15) is 14.4 Å². The summed E-state index contributed by atoms with van der Waals surface area (Å²) in [5.74, 6) is -0.0271. The van der Waals surface area contributed by atoms with Crippen LogP contribution < -0.4 is 0 Å². The molecule has 3 heterocycles. The molecule has 3 saturated heterocycles. The standard InChI is InChI=1S/C18H20N2O4.CH2O2/c21-14(13-4-2-1-3-5-13)6-7-16(22)19-9-8-18-15(19)12-17(23)20(18)10-11-24-18;2-1-3/h1-5,15H,6-12H2;1H,(H,2,3)/t15-,18+;/m1./s1. The van der Waals surface area contributed by atoms with E-state index in [2.05, 4.69) is 0 Å². The Kier molecular flexibility index (Phi) is 5.55. The number of amides is 2. The summed E-state index contributed by atoms with van der Waals surface area (Å²) in [6, 6.07) is 8.81. The summed E-state index contributed by atoms with van der Waals surface area (Å²) in [5.41, 5.74) is 0.0282. The lowest BCUT2D eigenvalue weighted by Gasteiger charge is -2.31. The first kappa shape index (κ1) is 19.0. The summed E-state index contributed by atoms with van der Waals surface area (Å²) in [5, 5.41) is 6.89. The van der Waals surface area contributed by atoms with Crippen LogP contribution in [0.25, 0.3) is 0 Å². The van der Waals surface area contributed by atoms with Gasteiger partial charge in [0.05, 0.1) is 19.1 Å². The predicted octanol–water partition coefficient (Wildman–Crippen LogP) is 0.910. The van der Waals surface area contributed by atoms with Crippen LogP contribution in [0.3, 0.4) is 0 Å². The van der Waals surface area contributed by atoms with Gasteiger partial charge in [0, 0.05) is 37.9 Å². The van der Waals surface area contributed by atoms with Crippen LogP contribution >= 0.6 is 0 Å². The Morgan fingerprint density at radius 2 is 1.93 bits per heavy atom. The SMILES string of the molecule is O=C(CCC(=O)N1CC[C@@]23OCCN2C(=O)C[C@@H]13)c1ccccc1.O=CO. The molecule has 0 aliphatic carbocycles. The van der Waals surface area contributed by atoms with Gasteiger partial charge in [-0.25, -0.2) is 0 Å². The van der Waals surface area contributed by atoms with Gasteiger partial charge in [-0.3, -0.25) is 19.2 Å². The first-order valence-corrected chi connectivity index (χ1v) is 8.93. The van der Waals surface area contributed by atoms with Crippen LogP contribution in [0.4, 0.5) is 0 Å². The first-order chi connectivity index (χ1) is 13.0. The molecule has 1 aromatic carbocycles. The van der Waals surface area contributed by atoms with E-state index in [0.29, 0.717) is 38.1 Å². The van der Waals surface area contributed by atoms with Crippen LogP contribution in [-0.4, -0.2) is 70.4 Å². The van der Waals surface area contributed by atoms with Crippen LogP contribution in [0.15, 0.2) is 30.3 Å². The fourth-order valence-electron chi connectivity index (χ4n) is 4.22. The lowest BCUT2D eigenvalue weighted by molar-refractivity contribution is -0.139. The maximum Gasteiger partial charge on any atom is 0.290 e. The van der Waals surface area contributed by atoms with Gasteiger partial charge < -0.3 is 19.6 Å². The molecule has 1 spiro atoms. The summed E-state index contributed by atoms with van der Waals surface area (Å²) in [4.78, 5) is 48.8. The minimum absolute atomic E-state index is 0.0286. The van der Waals surface area contributed by atoms with Crippen LogP contribution in [-0.2, 0) is 19.1 Å². The van der Waals surface area contributed by atoms with Gasteiger partial charge >= 0.3 is 0 Å². The summed E-state index contributed by atoms with van der Waals surface area (Å²) in [6.07, 6.45) is 1.37. The quantitative estimate of drug-likeness (QED) is 0.621. The largest absolute Gasteiger partial charge is 0.483 e. The van der Waals surface area contributed by atoms with Crippen LogP contribution in [0.1, 0.15) is 36.0 Å². The van der Waals surface area contributed by atoms with Gasteiger partial charge in [-0.05, 0) is 0 Å². The smallest absolute Gasteiger partial charge is 0.290 e. The van der Waals surface area contributed by atoms with E-state index in [1.807, 2.05) is 18.2 Å². The third-order valence-electron chi connectivity index (χ3n) is 5.38. The highest BCUT2D eigenvalue weighted by Crippen LogP contribution is 2.45. The predicted molar refractivity (Wildman–Crippen MR) is 93.8 cm³/mol. The number of Topliss-reactive ketones (excluding diaryl/α,β-unsaturated/α-hetero) is 1. The molecule has 0 unspecified atom stereocenters. The summed E-state index contributed by atoms with van der Waals surface area (Å²) in [7, 11) is 0. The molecular formula is C19H22N2O6. The molecular weight excluding hydrogens is 352 g/mol. The Labute approximate surface area is 156 Å². The Bertz CT molecular complexity index is 737. The number of carbonyl (C=O) groups excluding carboxylic acids is 3. The summed E-state index contributed by atoms with van der Waals surface area (Å²) in [6.45, 7) is 1.49. The maximum atomic E-state index is 12.6. The van der Waals surface area contributed by atoms with E-state index in [4.69, 9.17) is 14.6 Å². The molecule has 8 nitrogen and oxygen atoms in total. The Balaban J connectivity index is 0.000000659. The molecule has 0 bridgehead atoms. The van der Waals surface area contributed by atoms with E-state index >= 15 is 0 Å². The highest BCUT2D eigenvalue weighted by Gasteiger charge is 2.62. The second kappa shape index (κ2) is 7.87. The van der Waals surface area contributed by atoms with Crippen LogP contribution in [0.5, 0.6) is 0 Å². The van der Waals surface area contributed by atoms with Gasteiger partial charge in [0.2, 0.25) is 11.8 Å². The van der Waals surface area contributed by atoms with Crippen molar-refractivity contribution >= 4 is 24.1 Å². The van der Waals surface area contributed by atoms with Crippen molar-refractivity contribution in [2.75, 3.05) is 19.7 Å². The molecule has 1 N–H and O–H groups in total. The molecule has 0 saturated carbocycles. The van der Waals surface area contributed by atoms with Crippen molar-refractivity contribution in [3.63, 3.8) is 0 Å². The fourth-order valence-corrected chi connectivity index (χ4v) is 4.22.